The van der Waals surface area contributed by atoms with Crippen molar-refractivity contribution in [1.29, 1.82) is 0 Å². The molecule has 0 radical (unpaired) electrons. The third-order valence-corrected chi connectivity index (χ3v) is 5.24. The molecule has 1 saturated carbocycles. The molecule has 1 aromatic carbocycles. The van der Waals surface area contributed by atoms with Crippen LogP contribution in [-0.4, -0.2) is 56.3 Å². The van der Waals surface area contributed by atoms with E-state index in [9.17, 15) is 0 Å². The van der Waals surface area contributed by atoms with Crippen LogP contribution in [0.5, 0.6) is 11.5 Å². The molecule has 6 nitrogen and oxygen atoms in total. The number of benzene rings is 1. The zero-order valence-electron chi connectivity index (χ0n) is 14.6. The summed E-state index contributed by atoms with van der Waals surface area (Å²) >= 11 is 6.30. The van der Waals surface area contributed by atoms with Crippen LogP contribution in [0.25, 0.3) is 0 Å². The van der Waals surface area contributed by atoms with Gasteiger partial charge in [-0.25, -0.2) is 0 Å². The molecule has 2 aliphatic heterocycles. The summed E-state index contributed by atoms with van der Waals surface area (Å²) in [7, 11) is 1.81. The Balaban J connectivity index is 1.32. The van der Waals surface area contributed by atoms with E-state index >= 15 is 0 Å². The highest BCUT2D eigenvalue weighted by atomic mass is 35.5. The molecule has 0 aromatic heterocycles. The van der Waals surface area contributed by atoms with Gasteiger partial charge in [0, 0.05) is 38.8 Å². The predicted molar refractivity (Wildman–Crippen MR) is 98.8 cm³/mol. The molecule has 2 heterocycles. The molecule has 0 amide bonds. The van der Waals surface area contributed by atoms with Gasteiger partial charge in [0.1, 0.15) is 13.2 Å². The Hall–Kier alpha value is -1.66. The first-order chi connectivity index (χ1) is 12.2. The van der Waals surface area contributed by atoms with Crippen molar-refractivity contribution in [3.8, 4) is 11.5 Å². The molecule has 0 bridgehead atoms. The van der Waals surface area contributed by atoms with Crippen molar-refractivity contribution < 1.29 is 9.47 Å². The number of hydrogen-bond acceptors (Lipinski definition) is 4. The number of fused-ring (bicyclic) bond motifs is 1. The van der Waals surface area contributed by atoms with Crippen LogP contribution < -0.4 is 20.1 Å². The maximum Gasteiger partial charge on any atom is 0.191 e. The van der Waals surface area contributed by atoms with Crippen LogP contribution >= 0.6 is 11.6 Å². The molecule has 1 saturated heterocycles. The van der Waals surface area contributed by atoms with Gasteiger partial charge in [0.2, 0.25) is 0 Å². The standard InChI is InChI=1S/C18H25ClN4O2/c1-20-18(22-13-4-5-23(11-13)14-2-3-14)21-10-12-8-15(19)17-16(9-12)24-6-7-25-17/h8-9,13-14H,2-7,10-11H2,1H3,(H2,20,21,22). The molecular weight excluding hydrogens is 340 g/mol. The van der Waals surface area contributed by atoms with Crippen molar-refractivity contribution in [3.63, 3.8) is 0 Å². The summed E-state index contributed by atoms with van der Waals surface area (Å²) in [4.78, 5) is 6.94. The van der Waals surface area contributed by atoms with Gasteiger partial charge in [0.05, 0.1) is 5.02 Å². The summed E-state index contributed by atoms with van der Waals surface area (Å²) in [6, 6.07) is 5.20. The summed E-state index contributed by atoms with van der Waals surface area (Å²) in [5.74, 6) is 2.19. The fourth-order valence-corrected chi connectivity index (χ4v) is 3.80. The van der Waals surface area contributed by atoms with Gasteiger partial charge >= 0.3 is 0 Å². The van der Waals surface area contributed by atoms with Crippen molar-refractivity contribution in [3.05, 3.63) is 22.7 Å². The van der Waals surface area contributed by atoms with Gasteiger partial charge in [0.15, 0.2) is 17.5 Å². The molecule has 7 heteroatoms. The minimum absolute atomic E-state index is 0.468. The maximum atomic E-state index is 6.30. The molecule has 1 aromatic rings. The number of nitrogens with one attached hydrogen (secondary N) is 2. The van der Waals surface area contributed by atoms with E-state index in [0.29, 0.717) is 36.6 Å². The third-order valence-electron chi connectivity index (χ3n) is 4.96. The molecule has 4 rings (SSSR count). The molecule has 3 aliphatic rings. The van der Waals surface area contributed by atoms with Crippen LogP contribution in [0.3, 0.4) is 0 Å². The largest absolute Gasteiger partial charge is 0.486 e. The molecule has 2 N–H and O–H groups in total. The Bertz CT molecular complexity index is 663. The molecule has 0 spiro atoms. The van der Waals surface area contributed by atoms with E-state index in [0.717, 1.165) is 29.9 Å². The van der Waals surface area contributed by atoms with Gasteiger partial charge in [-0.15, -0.1) is 0 Å². The number of guanidine groups is 1. The summed E-state index contributed by atoms with van der Waals surface area (Å²) in [6.45, 7) is 4.04. The lowest BCUT2D eigenvalue weighted by Gasteiger charge is -2.21. The highest BCUT2D eigenvalue weighted by molar-refractivity contribution is 6.32. The molecular formula is C18H25ClN4O2. The molecule has 1 unspecified atom stereocenters. The smallest absolute Gasteiger partial charge is 0.191 e. The molecule has 2 fully saturated rings. The average Bonchev–Trinajstić information content (AvgIpc) is 3.38. The van der Waals surface area contributed by atoms with Crippen LogP contribution in [0.1, 0.15) is 24.8 Å². The first-order valence-corrected chi connectivity index (χ1v) is 9.40. The van der Waals surface area contributed by atoms with E-state index in [1.54, 1.807) is 7.05 Å². The normalized spacial score (nSPS) is 23.6. The number of hydrogen-bond donors (Lipinski definition) is 2. The van der Waals surface area contributed by atoms with E-state index in [-0.39, 0.29) is 0 Å². The Kier molecular flexibility index (Phi) is 4.90. The summed E-state index contributed by atoms with van der Waals surface area (Å²) in [5, 5.41) is 7.50. The number of likely N-dealkylation sites (tertiary alicyclic amines) is 1. The van der Waals surface area contributed by atoms with Crippen LogP contribution in [0.4, 0.5) is 0 Å². The van der Waals surface area contributed by atoms with Gasteiger partial charge < -0.3 is 20.1 Å². The fourth-order valence-electron chi connectivity index (χ4n) is 3.52. The second kappa shape index (κ2) is 7.30. The molecule has 1 atom stereocenters. The summed E-state index contributed by atoms with van der Waals surface area (Å²) in [5.41, 5.74) is 1.04. The number of aliphatic imine (C=N–C) groups is 1. The number of halogens is 1. The number of nitrogens with zero attached hydrogens (tertiary/aromatic N) is 2. The van der Waals surface area contributed by atoms with E-state index in [4.69, 9.17) is 21.1 Å². The topological polar surface area (TPSA) is 58.1 Å². The molecule has 1 aliphatic carbocycles. The van der Waals surface area contributed by atoms with Crippen LogP contribution in [-0.2, 0) is 6.54 Å². The van der Waals surface area contributed by atoms with Gasteiger partial charge in [-0.2, -0.15) is 0 Å². The van der Waals surface area contributed by atoms with E-state index in [1.807, 2.05) is 12.1 Å². The zero-order valence-corrected chi connectivity index (χ0v) is 15.3. The van der Waals surface area contributed by atoms with Crippen LogP contribution in [0.15, 0.2) is 17.1 Å². The highest BCUT2D eigenvalue weighted by Crippen LogP contribution is 2.38. The van der Waals surface area contributed by atoms with Gasteiger partial charge in [-0.3, -0.25) is 9.89 Å². The monoisotopic (exact) mass is 364 g/mol. The minimum Gasteiger partial charge on any atom is -0.486 e. The van der Waals surface area contributed by atoms with Crippen LogP contribution in [0.2, 0.25) is 5.02 Å². The third kappa shape index (κ3) is 3.96. The average molecular weight is 365 g/mol. The zero-order chi connectivity index (χ0) is 17.2. The lowest BCUT2D eigenvalue weighted by Crippen LogP contribution is -2.44. The molecule has 25 heavy (non-hydrogen) atoms. The van der Waals surface area contributed by atoms with Crippen LogP contribution in [0, 0.1) is 0 Å². The first-order valence-electron chi connectivity index (χ1n) is 9.02. The Labute approximate surface area is 153 Å². The quantitative estimate of drug-likeness (QED) is 0.632. The Morgan fingerprint density at radius 3 is 2.92 bits per heavy atom. The van der Waals surface area contributed by atoms with Gasteiger partial charge in [-0.1, -0.05) is 11.6 Å². The summed E-state index contributed by atoms with van der Waals surface area (Å²) in [6.07, 6.45) is 3.90. The molecule has 136 valence electrons. The summed E-state index contributed by atoms with van der Waals surface area (Å²) < 4.78 is 11.2. The van der Waals surface area contributed by atoms with E-state index < -0.39 is 0 Å². The van der Waals surface area contributed by atoms with E-state index in [2.05, 4.69) is 20.5 Å². The van der Waals surface area contributed by atoms with Crippen molar-refractivity contribution >= 4 is 17.6 Å². The van der Waals surface area contributed by atoms with Crippen molar-refractivity contribution in [2.75, 3.05) is 33.4 Å². The van der Waals surface area contributed by atoms with Crippen molar-refractivity contribution in [2.45, 2.75) is 37.9 Å². The Morgan fingerprint density at radius 2 is 2.12 bits per heavy atom. The second-order valence-electron chi connectivity index (χ2n) is 6.88. The first kappa shape index (κ1) is 16.8. The Morgan fingerprint density at radius 1 is 1.28 bits per heavy atom. The SMILES string of the molecule is CN=C(NCc1cc(Cl)c2c(c1)OCCO2)NC1CCN(C2CC2)C1. The second-order valence-corrected chi connectivity index (χ2v) is 7.29. The number of ether oxygens (including phenoxy) is 2. The number of rotatable bonds is 4. The lowest BCUT2D eigenvalue weighted by molar-refractivity contribution is 0.171. The van der Waals surface area contributed by atoms with Gasteiger partial charge in [0.25, 0.3) is 0 Å². The highest BCUT2D eigenvalue weighted by Gasteiger charge is 2.34. The van der Waals surface area contributed by atoms with Crippen molar-refractivity contribution in [2.24, 2.45) is 4.99 Å². The fraction of sp³-hybridized carbons (Fsp3) is 0.611. The maximum absolute atomic E-state index is 6.30. The van der Waals surface area contributed by atoms with Crippen molar-refractivity contribution in [1.82, 2.24) is 15.5 Å². The van der Waals surface area contributed by atoms with E-state index in [1.165, 1.54) is 25.8 Å². The lowest BCUT2D eigenvalue weighted by atomic mass is 10.2. The van der Waals surface area contributed by atoms with Gasteiger partial charge in [-0.05, 0) is 37.0 Å². The predicted octanol–water partition coefficient (Wildman–Crippen LogP) is 2.01. The minimum atomic E-state index is 0.468.